The van der Waals surface area contributed by atoms with Gasteiger partial charge in [0.05, 0.1) is 17.0 Å². The predicted molar refractivity (Wildman–Crippen MR) is 89.6 cm³/mol. The van der Waals surface area contributed by atoms with Gasteiger partial charge in [0.2, 0.25) is 5.91 Å². The Balaban J connectivity index is 1.81. The molecule has 0 aliphatic carbocycles. The number of hydrogen-bond donors (Lipinski definition) is 2. The molecule has 0 fully saturated rings. The van der Waals surface area contributed by atoms with Gasteiger partial charge in [0.25, 0.3) is 0 Å². The minimum absolute atomic E-state index is 0.0523. The van der Waals surface area contributed by atoms with Crippen LogP contribution >= 0.6 is 0 Å². The third-order valence-electron chi connectivity index (χ3n) is 4.01. The summed E-state index contributed by atoms with van der Waals surface area (Å²) >= 11 is 0. The maximum Gasteiger partial charge on any atom is 0.416 e. The molecule has 0 radical (unpaired) electrons. The van der Waals surface area contributed by atoms with Crippen molar-refractivity contribution in [2.24, 2.45) is 11.0 Å². The maximum atomic E-state index is 13.8. The fourth-order valence-electron chi connectivity index (χ4n) is 2.68. The van der Waals surface area contributed by atoms with Crippen LogP contribution in [0.5, 0.6) is 0 Å². The van der Waals surface area contributed by atoms with Crippen LogP contribution in [0.15, 0.2) is 47.6 Å². The van der Waals surface area contributed by atoms with Crippen molar-refractivity contribution < 1.29 is 22.4 Å². The van der Waals surface area contributed by atoms with E-state index in [-0.39, 0.29) is 17.5 Å². The third-order valence-corrected chi connectivity index (χ3v) is 4.01. The van der Waals surface area contributed by atoms with E-state index in [2.05, 4.69) is 15.8 Å². The molecule has 136 valence electrons. The number of anilines is 2. The minimum Gasteiger partial charge on any atom is -0.353 e. The number of carbonyl (C=O) groups excluding carboxylic acids is 1. The van der Waals surface area contributed by atoms with E-state index in [1.165, 1.54) is 0 Å². The van der Waals surface area contributed by atoms with E-state index in [1.54, 1.807) is 24.3 Å². The summed E-state index contributed by atoms with van der Waals surface area (Å²) in [5.74, 6) is -0.988. The topological polar surface area (TPSA) is 53.5 Å². The number of alkyl halides is 3. The van der Waals surface area contributed by atoms with Gasteiger partial charge >= 0.3 is 6.18 Å². The third kappa shape index (κ3) is 3.84. The molecule has 1 unspecified atom stereocenters. The number of rotatable bonds is 3. The van der Waals surface area contributed by atoms with Gasteiger partial charge in [-0.2, -0.15) is 18.3 Å². The first-order valence-corrected chi connectivity index (χ1v) is 7.84. The summed E-state index contributed by atoms with van der Waals surface area (Å²) in [5, 5.41) is 6.69. The molecule has 2 aromatic carbocycles. The number of nitrogens with zero attached hydrogens (tertiary/aromatic N) is 1. The van der Waals surface area contributed by atoms with Crippen molar-refractivity contribution in [2.45, 2.75) is 19.5 Å². The van der Waals surface area contributed by atoms with Crippen LogP contribution in [0.1, 0.15) is 24.5 Å². The zero-order valence-corrected chi connectivity index (χ0v) is 13.7. The van der Waals surface area contributed by atoms with Crippen molar-refractivity contribution in [3.05, 3.63) is 59.4 Å². The van der Waals surface area contributed by atoms with E-state index in [4.69, 9.17) is 0 Å². The Morgan fingerprint density at radius 1 is 1.15 bits per heavy atom. The Labute approximate surface area is 146 Å². The molecular formula is C18H15F4N3O. The number of hydrazone groups is 1. The molecular weight excluding hydrogens is 350 g/mol. The summed E-state index contributed by atoms with van der Waals surface area (Å²) in [6.45, 7) is 1.88. The molecule has 1 atom stereocenters. The monoisotopic (exact) mass is 365 g/mol. The van der Waals surface area contributed by atoms with Gasteiger partial charge in [-0.25, -0.2) is 9.82 Å². The molecule has 0 spiro atoms. The number of nitrogens with one attached hydrogen (secondary N) is 2. The summed E-state index contributed by atoms with van der Waals surface area (Å²) in [6.07, 6.45) is -4.22. The van der Waals surface area contributed by atoms with Gasteiger partial charge in [-0.3, -0.25) is 4.79 Å². The zero-order chi connectivity index (χ0) is 18.9. The normalized spacial score (nSPS) is 17.5. The maximum absolute atomic E-state index is 13.8. The summed E-state index contributed by atoms with van der Waals surface area (Å²) in [5.41, 5.74) is 3.14. The predicted octanol–water partition coefficient (Wildman–Crippen LogP) is 4.45. The van der Waals surface area contributed by atoms with Crippen LogP contribution in [0, 0.1) is 11.7 Å². The lowest BCUT2D eigenvalue weighted by Crippen LogP contribution is -2.31. The highest BCUT2D eigenvalue weighted by Gasteiger charge is 2.31. The highest BCUT2D eigenvalue weighted by atomic mass is 19.4. The van der Waals surface area contributed by atoms with Crippen molar-refractivity contribution in [3.8, 4) is 0 Å². The van der Waals surface area contributed by atoms with Crippen LogP contribution < -0.4 is 10.7 Å². The van der Waals surface area contributed by atoms with Crippen LogP contribution in [-0.4, -0.2) is 11.6 Å². The number of carbonyl (C=O) groups is 1. The molecule has 2 aromatic rings. The second-order valence-corrected chi connectivity index (χ2v) is 6.03. The largest absolute Gasteiger partial charge is 0.416 e. The standard InChI is InChI=1S/C18H15F4N3O/c1-10-8-16(26)24-25-17(10)11-2-5-13(6-3-11)23-15-9-12(18(20,21)22)4-7-14(15)19/h2-7,9-10,23H,8H2,1H3,(H,24,26). The van der Waals surface area contributed by atoms with Crippen molar-refractivity contribution in [1.82, 2.24) is 5.43 Å². The Morgan fingerprint density at radius 2 is 1.85 bits per heavy atom. The molecule has 0 bridgehead atoms. The number of halogens is 4. The average Bonchev–Trinajstić information content (AvgIpc) is 2.57. The van der Waals surface area contributed by atoms with Gasteiger partial charge < -0.3 is 5.32 Å². The second-order valence-electron chi connectivity index (χ2n) is 6.03. The van der Waals surface area contributed by atoms with Gasteiger partial charge in [0.1, 0.15) is 5.82 Å². The summed E-state index contributed by atoms with van der Waals surface area (Å²) in [6, 6.07) is 8.84. The van der Waals surface area contributed by atoms with Crippen LogP contribution in [0.2, 0.25) is 0 Å². The lowest BCUT2D eigenvalue weighted by Gasteiger charge is -2.19. The first-order valence-electron chi connectivity index (χ1n) is 7.84. The van der Waals surface area contributed by atoms with Crippen LogP contribution in [0.25, 0.3) is 0 Å². The Hall–Kier alpha value is -2.90. The van der Waals surface area contributed by atoms with Crippen LogP contribution in [0.3, 0.4) is 0 Å². The number of hydrogen-bond acceptors (Lipinski definition) is 3. The zero-order valence-electron chi connectivity index (χ0n) is 13.7. The average molecular weight is 365 g/mol. The molecule has 1 amide bonds. The molecule has 0 saturated carbocycles. The summed E-state index contributed by atoms with van der Waals surface area (Å²) in [4.78, 5) is 11.3. The molecule has 8 heteroatoms. The fourth-order valence-corrected chi connectivity index (χ4v) is 2.68. The molecule has 1 heterocycles. The van der Waals surface area contributed by atoms with Crippen molar-refractivity contribution >= 4 is 23.0 Å². The SMILES string of the molecule is CC1CC(=O)NN=C1c1ccc(Nc2cc(C(F)(F)F)ccc2F)cc1. The van der Waals surface area contributed by atoms with Crippen molar-refractivity contribution in [1.29, 1.82) is 0 Å². The van der Waals surface area contributed by atoms with Crippen LogP contribution in [-0.2, 0) is 11.0 Å². The van der Waals surface area contributed by atoms with E-state index in [1.807, 2.05) is 6.92 Å². The number of amides is 1. The van der Waals surface area contributed by atoms with Gasteiger partial charge in [0.15, 0.2) is 0 Å². The second kappa shape index (κ2) is 6.78. The highest BCUT2D eigenvalue weighted by Crippen LogP contribution is 2.32. The number of benzene rings is 2. The van der Waals surface area contributed by atoms with Gasteiger partial charge in [0, 0.05) is 18.0 Å². The van der Waals surface area contributed by atoms with Gasteiger partial charge in [-0.1, -0.05) is 19.1 Å². The molecule has 1 aliphatic rings. The lowest BCUT2D eigenvalue weighted by atomic mass is 9.94. The molecule has 0 aromatic heterocycles. The first-order chi connectivity index (χ1) is 12.2. The van der Waals surface area contributed by atoms with Crippen LogP contribution in [0.4, 0.5) is 28.9 Å². The molecule has 1 aliphatic heterocycles. The highest BCUT2D eigenvalue weighted by molar-refractivity contribution is 6.05. The molecule has 2 N–H and O–H groups in total. The van der Waals surface area contributed by atoms with E-state index in [9.17, 15) is 22.4 Å². The Kier molecular flexibility index (Phi) is 4.67. The van der Waals surface area contributed by atoms with Gasteiger partial charge in [-0.15, -0.1) is 0 Å². The molecule has 26 heavy (non-hydrogen) atoms. The van der Waals surface area contributed by atoms with E-state index >= 15 is 0 Å². The van der Waals surface area contributed by atoms with Crippen molar-refractivity contribution in [3.63, 3.8) is 0 Å². The van der Waals surface area contributed by atoms with E-state index < -0.39 is 17.6 Å². The Bertz CT molecular complexity index is 860. The van der Waals surface area contributed by atoms with E-state index in [0.717, 1.165) is 17.7 Å². The lowest BCUT2D eigenvalue weighted by molar-refractivity contribution is -0.137. The van der Waals surface area contributed by atoms with Crippen molar-refractivity contribution in [2.75, 3.05) is 5.32 Å². The van der Waals surface area contributed by atoms with Gasteiger partial charge in [-0.05, 0) is 35.9 Å². The quantitative estimate of drug-likeness (QED) is 0.790. The molecule has 0 saturated heterocycles. The smallest absolute Gasteiger partial charge is 0.353 e. The molecule has 3 rings (SSSR count). The minimum atomic E-state index is -4.55. The first kappa shape index (κ1) is 17.9. The summed E-state index contributed by atoms with van der Waals surface area (Å²) in [7, 11) is 0. The van der Waals surface area contributed by atoms with E-state index in [0.29, 0.717) is 23.9 Å². The Morgan fingerprint density at radius 3 is 2.46 bits per heavy atom. The fraction of sp³-hybridized carbons (Fsp3) is 0.222. The molecule has 4 nitrogen and oxygen atoms in total. The summed E-state index contributed by atoms with van der Waals surface area (Å²) < 4.78 is 52.1.